The molecule has 0 aliphatic carbocycles. The average Bonchev–Trinajstić information content (AvgIpc) is 2.59. The largest absolute Gasteiger partial charge is 0.394 e. The fourth-order valence-electron chi connectivity index (χ4n) is 2.15. The van der Waals surface area contributed by atoms with Crippen LogP contribution in [0.1, 0.15) is 15.9 Å². The van der Waals surface area contributed by atoms with Gasteiger partial charge in [0, 0.05) is 30.1 Å². The normalized spacial score (nSPS) is 12.6. The minimum atomic E-state index is -3.10. The van der Waals surface area contributed by atoms with Gasteiger partial charge < -0.3 is 15.5 Å². The van der Waals surface area contributed by atoms with Crippen LogP contribution in [0.15, 0.2) is 42.6 Å². The maximum Gasteiger partial charge on any atom is 0.251 e. The third-order valence-corrected chi connectivity index (χ3v) is 4.26. The zero-order chi connectivity index (χ0) is 18.4. The van der Waals surface area contributed by atoms with E-state index in [2.05, 4.69) is 10.3 Å². The van der Waals surface area contributed by atoms with Gasteiger partial charge in [0.15, 0.2) is 9.84 Å². The number of carbonyl (C=O) groups excluding carboxylic acids is 1. The number of hydrogen-bond acceptors (Lipinski definition) is 6. The van der Waals surface area contributed by atoms with Crippen LogP contribution < -0.4 is 5.32 Å². The molecule has 1 heterocycles. The molecule has 7 nitrogen and oxygen atoms in total. The molecule has 0 saturated carbocycles. The van der Waals surface area contributed by atoms with Crippen molar-refractivity contribution in [3.05, 3.63) is 53.7 Å². The molecule has 0 radical (unpaired) electrons. The molecule has 0 bridgehead atoms. The van der Waals surface area contributed by atoms with Crippen LogP contribution in [0, 0.1) is 0 Å². The molecule has 0 fully saturated rings. The van der Waals surface area contributed by atoms with Crippen molar-refractivity contribution in [3.63, 3.8) is 0 Å². The summed E-state index contributed by atoms with van der Waals surface area (Å²) in [6.45, 7) is -0.444. The molecule has 2 aromatic rings. The second kappa shape index (κ2) is 8.19. The van der Waals surface area contributed by atoms with Crippen molar-refractivity contribution < 1.29 is 23.4 Å². The van der Waals surface area contributed by atoms with Crippen LogP contribution in [-0.4, -0.2) is 55.0 Å². The molecular formula is C17H20N2O5S. The van der Waals surface area contributed by atoms with E-state index in [1.807, 2.05) is 0 Å². The standard InChI is InChI=1S/C17H20N2O5S/c1-25(23,24)11-12-2-7-16(18-8-12)13-3-5-14(6-4-13)17(22)19-9-15(21)10-20/h2-8,15,20-21H,9-11H2,1H3,(H,19,22). The SMILES string of the molecule is CS(=O)(=O)Cc1ccc(-c2ccc(C(=O)NCC(O)CO)cc2)nc1. The topological polar surface area (TPSA) is 117 Å². The Morgan fingerprint density at radius 3 is 2.40 bits per heavy atom. The van der Waals surface area contributed by atoms with Crippen molar-refractivity contribution in [2.45, 2.75) is 11.9 Å². The van der Waals surface area contributed by atoms with E-state index in [0.717, 1.165) is 5.56 Å². The molecule has 0 aliphatic heterocycles. The van der Waals surface area contributed by atoms with Gasteiger partial charge in [0.2, 0.25) is 0 Å². The molecule has 8 heteroatoms. The lowest BCUT2D eigenvalue weighted by Gasteiger charge is -2.09. The molecule has 1 aromatic carbocycles. The Morgan fingerprint density at radius 2 is 1.88 bits per heavy atom. The van der Waals surface area contributed by atoms with Gasteiger partial charge in [0.1, 0.15) is 0 Å². The lowest BCUT2D eigenvalue weighted by molar-refractivity contribution is 0.0802. The highest BCUT2D eigenvalue weighted by molar-refractivity contribution is 7.89. The van der Waals surface area contributed by atoms with Gasteiger partial charge in [-0.25, -0.2) is 8.42 Å². The first-order chi connectivity index (χ1) is 11.8. The van der Waals surface area contributed by atoms with Crippen molar-refractivity contribution in [3.8, 4) is 11.3 Å². The molecule has 134 valence electrons. The number of carbonyl (C=O) groups is 1. The molecule has 1 amide bonds. The van der Waals surface area contributed by atoms with Gasteiger partial charge in [-0.15, -0.1) is 0 Å². The maximum atomic E-state index is 11.9. The number of pyridine rings is 1. The number of aliphatic hydroxyl groups excluding tert-OH is 2. The van der Waals surface area contributed by atoms with E-state index in [0.29, 0.717) is 16.8 Å². The van der Waals surface area contributed by atoms with Gasteiger partial charge >= 0.3 is 0 Å². The Morgan fingerprint density at radius 1 is 1.20 bits per heavy atom. The highest BCUT2D eigenvalue weighted by Gasteiger charge is 2.09. The Hall–Kier alpha value is -2.29. The van der Waals surface area contributed by atoms with E-state index in [-0.39, 0.29) is 18.2 Å². The van der Waals surface area contributed by atoms with Crippen LogP contribution in [-0.2, 0) is 15.6 Å². The lowest BCUT2D eigenvalue weighted by atomic mass is 10.1. The number of amides is 1. The number of hydrogen-bond donors (Lipinski definition) is 3. The summed E-state index contributed by atoms with van der Waals surface area (Å²) < 4.78 is 22.6. The van der Waals surface area contributed by atoms with Gasteiger partial charge in [-0.3, -0.25) is 9.78 Å². The minimum absolute atomic E-state index is 0.0273. The maximum absolute atomic E-state index is 11.9. The summed E-state index contributed by atoms with van der Waals surface area (Å²) in [5.41, 5.74) is 2.49. The van der Waals surface area contributed by atoms with E-state index in [9.17, 15) is 18.3 Å². The Kier molecular flexibility index (Phi) is 6.24. The molecule has 1 unspecified atom stereocenters. The fraction of sp³-hybridized carbons (Fsp3) is 0.294. The van der Waals surface area contributed by atoms with Crippen LogP contribution in [0.4, 0.5) is 0 Å². The summed E-state index contributed by atoms with van der Waals surface area (Å²) in [4.78, 5) is 16.2. The van der Waals surface area contributed by atoms with Crippen LogP contribution in [0.3, 0.4) is 0 Å². The Bertz CT molecular complexity index is 817. The Labute approximate surface area is 146 Å². The smallest absolute Gasteiger partial charge is 0.251 e. The van der Waals surface area contributed by atoms with E-state index in [4.69, 9.17) is 5.11 Å². The summed E-state index contributed by atoms with van der Waals surface area (Å²) in [7, 11) is -3.10. The van der Waals surface area contributed by atoms with Crippen molar-refractivity contribution in [1.82, 2.24) is 10.3 Å². The van der Waals surface area contributed by atoms with Gasteiger partial charge in [-0.2, -0.15) is 0 Å². The van der Waals surface area contributed by atoms with E-state index in [1.165, 1.54) is 12.5 Å². The quantitative estimate of drug-likeness (QED) is 0.654. The second-order valence-electron chi connectivity index (χ2n) is 5.75. The number of nitrogens with one attached hydrogen (secondary N) is 1. The van der Waals surface area contributed by atoms with Crippen LogP contribution in [0.5, 0.6) is 0 Å². The zero-order valence-corrected chi connectivity index (χ0v) is 14.5. The molecule has 25 heavy (non-hydrogen) atoms. The number of aliphatic hydroxyl groups is 2. The van der Waals surface area contributed by atoms with Gasteiger partial charge in [-0.1, -0.05) is 18.2 Å². The van der Waals surface area contributed by atoms with Crippen molar-refractivity contribution in [2.24, 2.45) is 0 Å². The van der Waals surface area contributed by atoms with Crippen molar-refractivity contribution in [1.29, 1.82) is 0 Å². The third kappa shape index (κ3) is 5.93. The lowest BCUT2D eigenvalue weighted by Crippen LogP contribution is -2.33. The van der Waals surface area contributed by atoms with E-state index in [1.54, 1.807) is 36.4 Å². The van der Waals surface area contributed by atoms with Crippen molar-refractivity contribution in [2.75, 3.05) is 19.4 Å². The van der Waals surface area contributed by atoms with Crippen LogP contribution >= 0.6 is 0 Å². The molecule has 0 spiro atoms. The van der Waals surface area contributed by atoms with Crippen LogP contribution in [0.25, 0.3) is 11.3 Å². The number of rotatable bonds is 7. The second-order valence-corrected chi connectivity index (χ2v) is 7.89. The molecule has 3 N–H and O–H groups in total. The molecule has 1 atom stereocenters. The first-order valence-electron chi connectivity index (χ1n) is 7.58. The molecule has 1 aromatic heterocycles. The predicted octanol–water partition coefficient (Wildman–Crippen LogP) is 0.376. The van der Waals surface area contributed by atoms with Gasteiger partial charge in [0.05, 0.1) is 24.2 Å². The monoisotopic (exact) mass is 364 g/mol. The number of sulfone groups is 1. The molecule has 0 aliphatic rings. The summed E-state index contributed by atoms with van der Waals surface area (Å²) in [5, 5.41) is 20.5. The summed E-state index contributed by atoms with van der Waals surface area (Å²) >= 11 is 0. The fourth-order valence-corrected chi connectivity index (χ4v) is 2.93. The number of nitrogens with zero attached hydrogens (tertiary/aromatic N) is 1. The van der Waals surface area contributed by atoms with Crippen LogP contribution in [0.2, 0.25) is 0 Å². The first kappa shape index (κ1) is 19.0. The first-order valence-corrected chi connectivity index (χ1v) is 9.65. The summed E-state index contributed by atoms with van der Waals surface area (Å²) in [6, 6.07) is 10.2. The minimum Gasteiger partial charge on any atom is -0.394 e. The Balaban J connectivity index is 2.05. The zero-order valence-electron chi connectivity index (χ0n) is 13.7. The summed E-state index contributed by atoms with van der Waals surface area (Å²) in [6.07, 6.45) is 1.70. The van der Waals surface area contributed by atoms with Gasteiger partial charge in [0.25, 0.3) is 5.91 Å². The van der Waals surface area contributed by atoms with E-state index < -0.39 is 22.5 Å². The summed E-state index contributed by atoms with van der Waals surface area (Å²) in [5.74, 6) is -0.408. The van der Waals surface area contributed by atoms with Gasteiger partial charge in [-0.05, 0) is 23.8 Å². The highest BCUT2D eigenvalue weighted by atomic mass is 32.2. The predicted molar refractivity (Wildman–Crippen MR) is 93.6 cm³/mol. The average molecular weight is 364 g/mol. The highest BCUT2D eigenvalue weighted by Crippen LogP contribution is 2.18. The van der Waals surface area contributed by atoms with E-state index >= 15 is 0 Å². The molecule has 2 rings (SSSR count). The molecule has 0 saturated heterocycles. The molecular weight excluding hydrogens is 344 g/mol. The number of aromatic nitrogens is 1. The third-order valence-electron chi connectivity index (χ3n) is 3.41. The van der Waals surface area contributed by atoms with Crippen molar-refractivity contribution >= 4 is 15.7 Å². The number of benzene rings is 1.